The highest BCUT2D eigenvalue weighted by Gasteiger charge is 2.29. The summed E-state index contributed by atoms with van der Waals surface area (Å²) in [5.74, 6) is -0.937. The van der Waals surface area contributed by atoms with Gasteiger partial charge in [0.25, 0.3) is 5.69 Å². The van der Waals surface area contributed by atoms with E-state index in [1.165, 1.54) is 0 Å². The molecule has 0 amide bonds. The molecule has 1 aliphatic rings. The molecule has 0 bridgehead atoms. The van der Waals surface area contributed by atoms with Crippen LogP contribution >= 0.6 is 0 Å². The van der Waals surface area contributed by atoms with Crippen molar-refractivity contribution in [2.45, 2.75) is 30.2 Å². The Morgan fingerprint density at radius 3 is 2.57 bits per heavy atom. The van der Waals surface area contributed by atoms with Gasteiger partial charge in [-0.25, -0.2) is 17.9 Å². The smallest absolute Gasteiger partial charge is 0.339 e. The first-order chi connectivity index (χ1) is 9.85. The second-order valence-electron chi connectivity index (χ2n) is 4.68. The van der Waals surface area contributed by atoms with Gasteiger partial charge in [0.1, 0.15) is 0 Å². The molecule has 1 aromatic carbocycles. The van der Waals surface area contributed by atoms with Gasteiger partial charge in [-0.1, -0.05) is 6.42 Å². The van der Waals surface area contributed by atoms with E-state index < -0.39 is 20.9 Å². The van der Waals surface area contributed by atoms with Crippen LogP contribution in [0, 0.1) is 10.1 Å². The number of sulfonamides is 1. The largest absolute Gasteiger partial charge is 0.465 e. The van der Waals surface area contributed by atoms with Gasteiger partial charge in [0, 0.05) is 18.2 Å². The third-order valence-electron chi connectivity index (χ3n) is 3.30. The molecule has 1 fully saturated rings. The van der Waals surface area contributed by atoms with Crippen molar-refractivity contribution in [3.8, 4) is 0 Å². The molecule has 21 heavy (non-hydrogen) atoms. The Bertz CT molecular complexity index is 681. The molecule has 0 spiro atoms. The van der Waals surface area contributed by atoms with Crippen LogP contribution in [0.1, 0.15) is 29.6 Å². The SMILES string of the molecule is COC(=O)c1cc([N+](=O)[O-])ccc1S(=O)(=O)NC1CCC1. The first-order valence-electron chi connectivity index (χ1n) is 6.24. The van der Waals surface area contributed by atoms with E-state index in [0.29, 0.717) is 0 Å². The Hall–Kier alpha value is -2.00. The molecule has 0 atom stereocenters. The van der Waals surface area contributed by atoms with Crippen molar-refractivity contribution < 1.29 is 22.9 Å². The molecule has 114 valence electrons. The van der Waals surface area contributed by atoms with E-state index in [-0.39, 0.29) is 22.2 Å². The molecule has 1 saturated carbocycles. The summed E-state index contributed by atoms with van der Waals surface area (Å²) in [6, 6.07) is 2.84. The minimum Gasteiger partial charge on any atom is -0.465 e. The van der Waals surface area contributed by atoms with Gasteiger partial charge in [-0.05, 0) is 18.9 Å². The number of ether oxygens (including phenoxy) is 1. The van der Waals surface area contributed by atoms with Crippen LogP contribution < -0.4 is 4.72 Å². The number of nitrogens with zero attached hydrogens (tertiary/aromatic N) is 1. The standard InChI is InChI=1S/C12H14N2O6S/c1-20-12(15)10-7-9(14(16)17)5-6-11(10)21(18,19)13-8-3-2-4-8/h5-8,13H,2-4H2,1H3. The van der Waals surface area contributed by atoms with Crippen LogP contribution in [0.4, 0.5) is 5.69 Å². The van der Waals surface area contributed by atoms with Gasteiger partial charge in [0.15, 0.2) is 0 Å². The van der Waals surface area contributed by atoms with Gasteiger partial charge in [-0.3, -0.25) is 10.1 Å². The summed E-state index contributed by atoms with van der Waals surface area (Å²) in [5.41, 5.74) is -0.725. The van der Waals surface area contributed by atoms with E-state index in [1.807, 2.05) is 0 Å². The number of rotatable bonds is 5. The lowest BCUT2D eigenvalue weighted by Crippen LogP contribution is -2.39. The maximum Gasteiger partial charge on any atom is 0.339 e. The van der Waals surface area contributed by atoms with Crippen LogP contribution in [0.5, 0.6) is 0 Å². The Labute approximate surface area is 121 Å². The molecule has 1 aromatic rings. The molecule has 0 aliphatic heterocycles. The Kier molecular flexibility index (Phi) is 4.24. The van der Waals surface area contributed by atoms with Crippen LogP contribution in [-0.2, 0) is 14.8 Å². The number of nitrogens with one attached hydrogen (secondary N) is 1. The number of nitro benzene ring substituents is 1. The molecule has 0 radical (unpaired) electrons. The molecular formula is C12H14N2O6S. The zero-order valence-electron chi connectivity index (χ0n) is 11.2. The first kappa shape index (κ1) is 15.4. The Balaban J connectivity index is 2.46. The average molecular weight is 314 g/mol. The maximum absolute atomic E-state index is 12.3. The third-order valence-corrected chi connectivity index (χ3v) is 4.87. The predicted molar refractivity (Wildman–Crippen MR) is 72.4 cm³/mol. The number of nitro groups is 1. The quantitative estimate of drug-likeness (QED) is 0.496. The third kappa shape index (κ3) is 3.19. The van der Waals surface area contributed by atoms with Crippen molar-refractivity contribution in [3.05, 3.63) is 33.9 Å². The fourth-order valence-electron chi connectivity index (χ4n) is 1.94. The average Bonchev–Trinajstić information content (AvgIpc) is 2.41. The fraction of sp³-hybridized carbons (Fsp3) is 0.417. The number of esters is 1. The summed E-state index contributed by atoms with van der Waals surface area (Å²) >= 11 is 0. The first-order valence-corrected chi connectivity index (χ1v) is 7.72. The van der Waals surface area contributed by atoms with Crippen LogP contribution in [0.3, 0.4) is 0 Å². The summed E-state index contributed by atoms with van der Waals surface area (Å²) in [5, 5.41) is 10.7. The number of hydrogen-bond acceptors (Lipinski definition) is 6. The van der Waals surface area contributed by atoms with Crippen molar-refractivity contribution >= 4 is 21.7 Å². The summed E-state index contributed by atoms with van der Waals surface area (Å²) in [6.45, 7) is 0. The summed E-state index contributed by atoms with van der Waals surface area (Å²) in [4.78, 5) is 21.4. The highest BCUT2D eigenvalue weighted by atomic mass is 32.2. The van der Waals surface area contributed by atoms with Crippen molar-refractivity contribution in [2.24, 2.45) is 0 Å². The van der Waals surface area contributed by atoms with E-state index in [1.54, 1.807) is 0 Å². The number of carbonyl (C=O) groups is 1. The van der Waals surface area contributed by atoms with Gasteiger partial charge >= 0.3 is 5.97 Å². The van der Waals surface area contributed by atoms with Gasteiger partial charge in [-0.2, -0.15) is 0 Å². The lowest BCUT2D eigenvalue weighted by atomic mass is 9.94. The molecule has 1 N–H and O–H groups in total. The topological polar surface area (TPSA) is 116 Å². The molecule has 1 aliphatic carbocycles. The second kappa shape index (κ2) is 5.78. The van der Waals surface area contributed by atoms with Crippen molar-refractivity contribution in [1.29, 1.82) is 0 Å². The van der Waals surface area contributed by atoms with Gasteiger partial charge in [-0.15, -0.1) is 0 Å². The van der Waals surface area contributed by atoms with E-state index in [4.69, 9.17) is 0 Å². The summed E-state index contributed by atoms with van der Waals surface area (Å²) in [7, 11) is -2.84. The lowest BCUT2D eigenvalue weighted by Gasteiger charge is -2.26. The van der Waals surface area contributed by atoms with E-state index in [2.05, 4.69) is 9.46 Å². The van der Waals surface area contributed by atoms with Crippen LogP contribution in [0.15, 0.2) is 23.1 Å². The van der Waals surface area contributed by atoms with Gasteiger partial charge < -0.3 is 4.74 Å². The Morgan fingerprint density at radius 1 is 1.43 bits per heavy atom. The number of benzene rings is 1. The molecule has 9 heteroatoms. The predicted octanol–water partition coefficient (Wildman–Crippen LogP) is 1.21. The molecule has 0 aromatic heterocycles. The highest BCUT2D eigenvalue weighted by molar-refractivity contribution is 7.89. The van der Waals surface area contributed by atoms with Crippen LogP contribution in [0.25, 0.3) is 0 Å². The van der Waals surface area contributed by atoms with Gasteiger partial charge in [0.05, 0.1) is 22.5 Å². The Morgan fingerprint density at radius 2 is 2.10 bits per heavy atom. The highest BCUT2D eigenvalue weighted by Crippen LogP contribution is 2.25. The lowest BCUT2D eigenvalue weighted by molar-refractivity contribution is -0.384. The second-order valence-corrected chi connectivity index (χ2v) is 6.36. The molecule has 8 nitrogen and oxygen atoms in total. The molecule has 0 unspecified atom stereocenters. The number of carbonyl (C=O) groups excluding carboxylic acids is 1. The normalized spacial score (nSPS) is 15.3. The van der Waals surface area contributed by atoms with E-state index >= 15 is 0 Å². The monoisotopic (exact) mass is 314 g/mol. The van der Waals surface area contributed by atoms with Crippen molar-refractivity contribution in [2.75, 3.05) is 7.11 Å². The van der Waals surface area contributed by atoms with Crippen LogP contribution in [-0.4, -0.2) is 32.5 Å². The number of hydrogen-bond donors (Lipinski definition) is 1. The van der Waals surface area contributed by atoms with E-state index in [9.17, 15) is 23.3 Å². The van der Waals surface area contributed by atoms with Crippen molar-refractivity contribution in [3.63, 3.8) is 0 Å². The minimum atomic E-state index is -3.92. The van der Waals surface area contributed by atoms with Crippen LogP contribution in [0.2, 0.25) is 0 Å². The summed E-state index contributed by atoms with van der Waals surface area (Å²) in [6.07, 6.45) is 2.41. The van der Waals surface area contributed by atoms with Crippen molar-refractivity contribution in [1.82, 2.24) is 4.72 Å². The van der Waals surface area contributed by atoms with Gasteiger partial charge in [0.2, 0.25) is 10.0 Å². The molecule has 0 saturated heterocycles. The molecule has 0 heterocycles. The maximum atomic E-state index is 12.3. The minimum absolute atomic E-state index is 0.157. The zero-order chi connectivity index (χ0) is 15.6. The van der Waals surface area contributed by atoms with E-state index in [0.717, 1.165) is 44.6 Å². The molecule has 2 rings (SSSR count). The number of methoxy groups -OCH3 is 1. The molecular weight excluding hydrogens is 300 g/mol. The zero-order valence-corrected chi connectivity index (χ0v) is 12.1. The fourth-order valence-corrected chi connectivity index (χ4v) is 3.42. The summed E-state index contributed by atoms with van der Waals surface area (Å²) < 4.78 is 31.5. The number of non-ortho nitro benzene ring substituents is 1.